The van der Waals surface area contributed by atoms with Gasteiger partial charge in [0.15, 0.2) is 11.3 Å². The molecule has 0 aliphatic heterocycles. The summed E-state index contributed by atoms with van der Waals surface area (Å²) in [5.41, 5.74) is 1.24. The molecule has 12 heteroatoms. The molecule has 5 aromatic heterocycles. The lowest BCUT2D eigenvalue weighted by atomic mass is 9.76. The number of aromatic nitrogens is 7. The van der Waals surface area contributed by atoms with Crippen LogP contribution in [0.2, 0.25) is 0 Å². The quantitative estimate of drug-likeness (QED) is 0.277. The van der Waals surface area contributed by atoms with Crippen LogP contribution >= 0.6 is 0 Å². The molecule has 8 nitrogen and oxygen atoms in total. The molecular formula is C28H25F4N7O. The first-order chi connectivity index (χ1) is 19.1. The number of hydrogen-bond acceptors (Lipinski definition) is 6. The van der Waals surface area contributed by atoms with Crippen molar-refractivity contribution in [3.05, 3.63) is 87.2 Å². The summed E-state index contributed by atoms with van der Waals surface area (Å²) in [6.07, 6.45) is 3.53. The summed E-state index contributed by atoms with van der Waals surface area (Å²) in [4.78, 5) is 30.8. The highest BCUT2D eigenvalue weighted by Gasteiger charge is 2.35. The van der Waals surface area contributed by atoms with E-state index in [1.165, 1.54) is 23.0 Å². The van der Waals surface area contributed by atoms with Crippen molar-refractivity contribution in [2.45, 2.75) is 57.2 Å². The van der Waals surface area contributed by atoms with Gasteiger partial charge < -0.3 is 0 Å². The minimum absolute atomic E-state index is 0.0704. The molecule has 1 aliphatic carbocycles. The van der Waals surface area contributed by atoms with Crippen LogP contribution < -0.4 is 5.56 Å². The Balaban J connectivity index is 1.37. The average molecular weight is 552 g/mol. The van der Waals surface area contributed by atoms with Crippen molar-refractivity contribution in [2.24, 2.45) is 7.05 Å². The van der Waals surface area contributed by atoms with Gasteiger partial charge in [-0.25, -0.2) is 14.4 Å². The standard InChI is InChI=1S/C28H25F4N7O/c1-15-11-34-22-10-18(27(40)39(26(22)37-15)14-23-20(28(30,31)32)4-3-9-33-23)16-5-7-17(8-6-16)24-19-12-36-38(2)25(19)35-13-21(24)29/h3-4,9-13,16-17H,5-8,14H2,1-2H3. The Morgan fingerprint density at radius 2 is 1.75 bits per heavy atom. The molecule has 1 aliphatic rings. The molecule has 0 unspecified atom stereocenters. The molecule has 6 rings (SSSR count). The molecule has 0 saturated heterocycles. The van der Waals surface area contributed by atoms with E-state index in [1.54, 1.807) is 37.1 Å². The van der Waals surface area contributed by atoms with Crippen LogP contribution in [-0.4, -0.2) is 34.3 Å². The Bertz CT molecular complexity index is 1800. The molecule has 0 spiro atoms. The van der Waals surface area contributed by atoms with Crippen LogP contribution in [0.25, 0.3) is 22.2 Å². The average Bonchev–Trinajstić information content (AvgIpc) is 3.30. The van der Waals surface area contributed by atoms with Crippen LogP contribution in [-0.2, 0) is 19.8 Å². The van der Waals surface area contributed by atoms with Crippen molar-refractivity contribution in [3.8, 4) is 0 Å². The van der Waals surface area contributed by atoms with Crippen LogP contribution in [0.15, 0.2) is 47.8 Å². The summed E-state index contributed by atoms with van der Waals surface area (Å²) in [5, 5.41) is 4.90. The zero-order valence-electron chi connectivity index (χ0n) is 21.8. The first kappa shape index (κ1) is 26.0. The number of rotatable bonds is 4. The SMILES string of the molecule is Cc1cnc2cc(C3CCC(c4c(F)cnc5c4cnn5C)CC3)c(=O)n(Cc3ncccc3C(F)(F)F)c2n1. The highest BCUT2D eigenvalue weighted by molar-refractivity contribution is 5.79. The van der Waals surface area contributed by atoms with Gasteiger partial charge in [-0.1, -0.05) is 0 Å². The topological polar surface area (TPSA) is 91.4 Å². The predicted octanol–water partition coefficient (Wildman–Crippen LogP) is 5.42. The maximum atomic E-state index is 14.9. The van der Waals surface area contributed by atoms with Gasteiger partial charge in [0.2, 0.25) is 0 Å². The normalized spacial score (nSPS) is 18.1. The van der Waals surface area contributed by atoms with E-state index in [0.29, 0.717) is 59.1 Å². The third-order valence-electron chi connectivity index (χ3n) is 7.78. The molecule has 0 aromatic carbocycles. The highest BCUT2D eigenvalue weighted by atomic mass is 19.4. The second-order valence-electron chi connectivity index (χ2n) is 10.3. The number of fused-ring (bicyclic) bond motifs is 2. The van der Waals surface area contributed by atoms with Crippen molar-refractivity contribution in [2.75, 3.05) is 0 Å². The van der Waals surface area contributed by atoms with E-state index in [1.807, 2.05) is 0 Å². The van der Waals surface area contributed by atoms with Crippen LogP contribution in [0.1, 0.15) is 65.6 Å². The molecule has 0 N–H and O–H groups in total. The summed E-state index contributed by atoms with van der Waals surface area (Å²) in [7, 11) is 1.76. The summed E-state index contributed by atoms with van der Waals surface area (Å²) >= 11 is 0. The summed E-state index contributed by atoms with van der Waals surface area (Å²) < 4.78 is 58.9. The second-order valence-corrected chi connectivity index (χ2v) is 10.3. The van der Waals surface area contributed by atoms with E-state index in [9.17, 15) is 22.4 Å². The van der Waals surface area contributed by atoms with Crippen molar-refractivity contribution >= 4 is 22.2 Å². The van der Waals surface area contributed by atoms with Gasteiger partial charge in [0.05, 0.1) is 35.9 Å². The van der Waals surface area contributed by atoms with Gasteiger partial charge in [0.25, 0.3) is 5.56 Å². The zero-order valence-corrected chi connectivity index (χ0v) is 21.8. The molecule has 0 bridgehead atoms. The first-order valence-corrected chi connectivity index (χ1v) is 13.0. The molecule has 0 amide bonds. The van der Waals surface area contributed by atoms with Crippen molar-refractivity contribution in [1.82, 2.24) is 34.3 Å². The summed E-state index contributed by atoms with van der Waals surface area (Å²) in [5.74, 6) is -0.611. The fourth-order valence-electron chi connectivity index (χ4n) is 5.84. The molecule has 206 valence electrons. The Labute approximate surface area is 225 Å². The van der Waals surface area contributed by atoms with E-state index >= 15 is 0 Å². The van der Waals surface area contributed by atoms with Crippen molar-refractivity contribution in [3.63, 3.8) is 0 Å². The second kappa shape index (κ2) is 9.76. The van der Waals surface area contributed by atoms with Crippen LogP contribution in [0.5, 0.6) is 0 Å². The van der Waals surface area contributed by atoms with E-state index in [2.05, 4.69) is 25.0 Å². The van der Waals surface area contributed by atoms with Gasteiger partial charge in [-0.05, 0) is 62.6 Å². The Hall–Kier alpha value is -4.22. The maximum Gasteiger partial charge on any atom is 0.418 e. The smallest absolute Gasteiger partial charge is 0.285 e. The van der Waals surface area contributed by atoms with Crippen molar-refractivity contribution < 1.29 is 17.6 Å². The van der Waals surface area contributed by atoms with E-state index in [-0.39, 0.29) is 29.0 Å². The Kier molecular flexibility index (Phi) is 6.35. The molecular weight excluding hydrogens is 526 g/mol. The van der Waals surface area contributed by atoms with Crippen LogP contribution in [0.3, 0.4) is 0 Å². The molecule has 1 saturated carbocycles. The summed E-state index contributed by atoms with van der Waals surface area (Å²) in [6, 6.07) is 3.87. The van der Waals surface area contributed by atoms with Gasteiger partial charge in [-0.3, -0.25) is 24.0 Å². The predicted molar refractivity (Wildman–Crippen MR) is 139 cm³/mol. The third-order valence-corrected chi connectivity index (χ3v) is 7.78. The molecule has 1 fully saturated rings. The van der Waals surface area contributed by atoms with Gasteiger partial charge in [0.1, 0.15) is 11.3 Å². The third kappa shape index (κ3) is 4.50. The monoisotopic (exact) mass is 551 g/mol. The lowest BCUT2D eigenvalue weighted by Gasteiger charge is -2.29. The fraction of sp³-hybridized carbons (Fsp3) is 0.357. The molecule has 0 atom stereocenters. The van der Waals surface area contributed by atoms with Gasteiger partial charge in [-0.15, -0.1) is 0 Å². The molecule has 40 heavy (non-hydrogen) atoms. The van der Waals surface area contributed by atoms with E-state index in [0.717, 1.165) is 6.07 Å². The molecule has 5 aromatic rings. The van der Waals surface area contributed by atoms with E-state index < -0.39 is 23.8 Å². The van der Waals surface area contributed by atoms with E-state index in [4.69, 9.17) is 0 Å². The minimum atomic E-state index is -4.62. The van der Waals surface area contributed by atoms with Crippen molar-refractivity contribution in [1.29, 1.82) is 0 Å². The van der Waals surface area contributed by atoms with Crippen LogP contribution in [0, 0.1) is 12.7 Å². The molecule has 0 radical (unpaired) electrons. The van der Waals surface area contributed by atoms with Gasteiger partial charge >= 0.3 is 6.18 Å². The van der Waals surface area contributed by atoms with Crippen LogP contribution in [0.4, 0.5) is 17.6 Å². The number of hydrogen-bond donors (Lipinski definition) is 0. The highest BCUT2D eigenvalue weighted by Crippen LogP contribution is 2.42. The van der Waals surface area contributed by atoms with Gasteiger partial charge in [0, 0.05) is 36.0 Å². The van der Waals surface area contributed by atoms with Gasteiger partial charge in [-0.2, -0.15) is 18.3 Å². The summed E-state index contributed by atoms with van der Waals surface area (Å²) in [6.45, 7) is 1.31. The first-order valence-electron chi connectivity index (χ1n) is 13.0. The fourth-order valence-corrected chi connectivity index (χ4v) is 5.84. The Morgan fingerprint density at radius 3 is 2.50 bits per heavy atom. The number of pyridine rings is 3. The largest absolute Gasteiger partial charge is 0.418 e. The number of alkyl halides is 3. The lowest BCUT2D eigenvalue weighted by molar-refractivity contribution is -0.138. The lowest BCUT2D eigenvalue weighted by Crippen LogP contribution is -2.29. The zero-order chi connectivity index (χ0) is 28.2. The number of nitrogens with zero attached hydrogens (tertiary/aromatic N) is 7. The minimum Gasteiger partial charge on any atom is -0.285 e. The number of halogens is 4. The molecule has 5 heterocycles. The maximum absolute atomic E-state index is 14.9. The number of aryl methyl sites for hydroxylation is 2. The Morgan fingerprint density at radius 1 is 1.00 bits per heavy atom.